The summed E-state index contributed by atoms with van der Waals surface area (Å²) < 4.78 is 2.65. The SMILES string of the molecule is CCc1nnc(C)cc1-c1n[nH]c(=S)n1C(C)(C)C. The summed E-state index contributed by atoms with van der Waals surface area (Å²) in [5.74, 6) is 0.826. The highest BCUT2D eigenvalue weighted by molar-refractivity contribution is 7.71. The van der Waals surface area contributed by atoms with E-state index in [1.165, 1.54) is 0 Å². The molecule has 0 aliphatic rings. The number of aryl methyl sites for hydroxylation is 2. The summed E-state index contributed by atoms with van der Waals surface area (Å²) in [4.78, 5) is 0. The number of hydrogen-bond donors (Lipinski definition) is 1. The maximum Gasteiger partial charge on any atom is 0.195 e. The van der Waals surface area contributed by atoms with Crippen LogP contribution in [-0.4, -0.2) is 25.0 Å². The topological polar surface area (TPSA) is 59.4 Å². The van der Waals surface area contributed by atoms with Gasteiger partial charge in [-0.1, -0.05) is 6.92 Å². The number of rotatable bonds is 2. The van der Waals surface area contributed by atoms with Crippen LogP contribution >= 0.6 is 12.2 Å². The lowest BCUT2D eigenvalue weighted by atomic mass is 10.1. The van der Waals surface area contributed by atoms with E-state index >= 15 is 0 Å². The molecule has 0 saturated carbocycles. The van der Waals surface area contributed by atoms with Gasteiger partial charge in [0.25, 0.3) is 0 Å². The Labute approximate surface area is 118 Å². The fraction of sp³-hybridized carbons (Fsp3) is 0.538. The van der Waals surface area contributed by atoms with E-state index in [1.807, 2.05) is 17.6 Å². The highest BCUT2D eigenvalue weighted by atomic mass is 32.1. The molecule has 102 valence electrons. The normalized spacial score (nSPS) is 11.8. The van der Waals surface area contributed by atoms with Crippen LogP contribution in [0, 0.1) is 11.7 Å². The van der Waals surface area contributed by atoms with E-state index in [1.54, 1.807) is 0 Å². The van der Waals surface area contributed by atoms with Crippen LogP contribution < -0.4 is 0 Å². The summed E-state index contributed by atoms with van der Waals surface area (Å²) in [7, 11) is 0. The van der Waals surface area contributed by atoms with Crippen molar-refractivity contribution in [2.75, 3.05) is 0 Å². The van der Waals surface area contributed by atoms with Gasteiger partial charge >= 0.3 is 0 Å². The van der Waals surface area contributed by atoms with Crippen molar-refractivity contribution in [1.29, 1.82) is 0 Å². The summed E-state index contributed by atoms with van der Waals surface area (Å²) in [5.41, 5.74) is 2.67. The van der Waals surface area contributed by atoms with E-state index in [2.05, 4.69) is 48.1 Å². The van der Waals surface area contributed by atoms with Crippen molar-refractivity contribution >= 4 is 12.2 Å². The maximum absolute atomic E-state index is 5.34. The second-order valence-electron chi connectivity index (χ2n) is 5.56. The van der Waals surface area contributed by atoms with Crippen LogP contribution in [-0.2, 0) is 12.0 Å². The first-order valence-corrected chi connectivity index (χ1v) is 6.77. The standard InChI is InChI=1S/C13H19N5S/c1-6-10-9(7-8(2)14-15-10)11-16-17-12(19)18(11)13(3,4)5/h7H,6H2,1-5H3,(H,17,19). The maximum atomic E-state index is 5.34. The summed E-state index contributed by atoms with van der Waals surface area (Å²) in [6.07, 6.45) is 0.812. The second kappa shape index (κ2) is 4.85. The molecule has 1 N–H and O–H groups in total. The minimum absolute atomic E-state index is 0.137. The van der Waals surface area contributed by atoms with Gasteiger partial charge in [-0.05, 0) is 52.4 Å². The Hall–Kier alpha value is -1.56. The lowest BCUT2D eigenvalue weighted by molar-refractivity contribution is 0.395. The van der Waals surface area contributed by atoms with Crippen LogP contribution in [0.5, 0.6) is 0 Å². The largest absolute Gasteiger partial charge is 0.295 e. The minimum atomic E-state index is -0.137. The molecule has 0 aliphatic carbocycles. The Morgan fingerprint density at radius 2 is 2.00 bits per heavy atom. The molecule has 2 rings (SSSR count). The molecule has 0 unspecified atom stereocenters. The number of aromatic amines is 1. The van der Waals surface area contributed by atoms with Crippen molar-refractivity contribution in [3.05, 3.63) is 22.2 Å². The number of nitrogens with one attached hydrogen (secondary N) is 1. The molecule has 0 aliphatic heterocycles. The Morgan fingerprint density at radius 1 is 1.32 bits per heavy atom. The lowest BCUT2D eigenvalue weighted by Crippen LogP contribution is -2.23. The monoisotopic (exact) mass is 277 g/mol. The summed E-state index contributed by atoms with van der Waals surface area (Å²) in [6.45, 7) is 10.3. The third-order valence-corrected chi connectivity index (χ3v) is 3.19. The Balaban J connectivity index is 2.73. The van der Waals surface area contributed by atoms with Crippen LogP contribution in [0.1, 0.15) is 39.1 Å². The highest BCUT2D eigenvalue weighted by Crippen LogP contribution is 2.26. The molecular formula is C13H19N5S. The van der Waals surface area contributed by atoms with Gasteiger partial charge in [0.2, 0.25) is 0 Å². The van der Waals surface area contributed by atoms with Gasteiger partial charge in [-0.25, -0.2) is 0 Å². The quantitative estimate of drug-likeness (QED) is 0.857. The van der Waals surface area contributed by atoms with Crippen LogP contribution in [0.2, 0.25) is 0 Å². The number of nitrogens with zero attached hydrogens (tertiary/aromatic N) is 4. The van der Waals surface area contributed by atoms with E-state index < -0.39 is 0 Å². The third-order valence-electron chi connectivity index (χ3n) is 2.91. The van der Waals surface area contributed by atoms with E-state index in [0.29, 0.717) is 4.77 Å². The van der Waals surface area contributed by atoms with E-state index in [4.69, 9.17) is 12.2 Å². The van der Waals surface area contributed by atoms with Gasteiger partial charge in [0, 0.05) is 11.1 Å². The van der Waals surface area contributed by atoms with Crippen molar-refractivity contribution in [3.8, 4) is 11.4 Å². The summed E-state index contributed by atoms with van der Waals surface area (Å²) >= 11 is 5.34. The van der Waals surface area contributed by atoms with Crippen LogP contribution in [0.3, 0.4) is 0 Å². The van der Waals surface area contributed by atoms with Gasteiger partial charge in [0.15, 0.2) is 10.6 Å². The molecule has 5 nitrogen and oxygen atoms in total. The molecule has 0 aromatic carbocycles. The van der Waals surface area contributed by atoms with Crippen molar-refractivity contribution in [3.63, 3.8) is 0 Å². The first kappa shape index (κ1) is 13.9. The summed E-state index contributed by atoms with van der Waals surface area (Å²) in [6, 6.07) is 2.01. The number of H-pyrrole nitrogens is 1. The van der Waals surface area contributed by atoms with Crippen molar-refractivity contribution in [1.82, 2.24) is 25.0 Å². The smallest absolute Gasteiger partial charge is 0.195 e. The van der Waals surface area contributed by atoms with Gasteiger partial charge in [0.1, 0.15) is 0 Å². The molecular weight excluding hydrogens is 258 g/mol. The van der Waals surface area contributed by atoms with Gasteiger partial charge in [-0.3, -0.25) is 9.67 Å². The Kier molecular flexibility index (Phi) is 3.54. The molecule has 6 heteroatoms. The van der Waals surface area contributed by atoms with Gasteiger partial charge in [0.05, 0.1) is 11.4 Å². The Bertz CT molecular complexity index is 648. The molecule has 0 spiro atoms. The first-order valence-electron chi connectivity index (χ1n) is 6.36. The number of hydrogen-bond acceptors (Lipinski definition) is 4. The number of aromatic nitrogens is 5. The van der Waals surface area contributed by atoms with Crippen LogP contribution in [0.25, 0.3) is 11.4 Å². The molecule has 0 amide bonds. The molecule has 0 radical (unpaired) electrons. The van der Waals surface area contributed by atoms with Gasteiger partial charge < -0.3 is 0 Å². The van der Waals surface area contributed by atoms with Crippen molar-refractivity contribution in [2.45, 2.75) is 46.6 Å². The lowest BCUT2D eigenvalue weighted by Gasteiger charge is -2.23. The van der Waals surface area contributed by atoms with Crippen molar-refractivity contribution < 1.29 is 0 Å². The van der Waals surface area contributed by atoms with Crippen LogP contribution in [0.4, 0.5) is 0 Å². The van der Waals surface area contributed by atoms with E-state index in [9.17, 15) is 0 Å². The Morgan fingerprint density at radius 3 is 2.58 bits per heavy atom. The van der Waals surface area contributed by atoms with E-state index in [0.717, 1.165) is 29.2 Å². The predicted octanol–water partition coefficient (Wildman–Crippen LogP) is 3.02. The molecule has 2 aromatic heterocycles. The zero-order chi connectivity index (χ0) is 14.2. The molecule has 0 fully saturated rings. The molecule has 0 atom stereocenters. The molecule has 2 heterocycles. The predicted molar refractivity (Wildman–Crippen MR) is 77.5 cm³/mol. The fourth-order valence-electron chi connectivity index (χ4n) is 2.07. The summed E-state index contributed by atoms with van der Waals surface area (Å²) in [5, 5.41) is 15.6. The fourth-order valence-corrected chi connectivity index (χ4v) is 2.47. The molecule has 0 saturated heterocycles. The average molecular weight is 277 g/mol. The molecule has 19 heavy (non-hydrogen) atoms. The minimum Gasteiger partial charge on any atom is -0.295 e. The first-order chi connectivity index (χ1) is 8.84. The molecule has 0 bridgehead atoms. The zero-order valence-electron chi connectivity index (χ0n) is 12.0. The second-order valence-corrected chi connectivity index (χ2v) is 5.94. The van der Waals surface area contributed by atoms with E-state index in [-0.39, 0.29) is 5.54 Å². The molecule has 2 aromatic rings. The zero-order valence-corrected chi connectivity index (χ0v) is 12.8. The average Bonchev–Trinajstić information content (AvgIpc) is 2.70. The van der Waals surface area contributed by atoms with Crippen LogP contribution in [0.15, 0.2) is 6.07 Å². The van der Waals surface area contributed by atoms with Gasteiger partial charge in [-0.15, -0.1) is 0 Å². The highest BCUT2D eigenvalue weighted by Gasteiger charge is 2.22. The van der Waals surface area contributed by atoms with Gasteiger partial charge in [-0.2, -0.15) is 15.3 Å². The van der Waals surface area contributed by atoms with Crippen molar-refractivity contribution in [2.24, 2.45) is 0 Å². The third kappa shape index (κ3) is 2.58.